The van der Waals surface area contributed by atoms with Gasteiger partial charge in [-0.1, -0.05) is 36.4 Å². The summed E-state index contributed by atoms with van der Waals surface area (Å²) in [5, 5.41) is 10.8. The lowest BCUT2D eigenvalue weighted by atomic mass is 10.0. The van der Waals surface area contributed by atoms with Gasteiger partial charge in [-0.25, -0.2) is 20.4 Å². The molecule has 126 valence electrons. The van der Waals surface area contributed by atoms with Crippen LogP contribution in [0.3, 0.4) is 0 Å². The number of nitrogens with one attached hydrogen (secondary N) is 2. The molecule has 0 radical (unpaired) electrons. The Morgan fingerprint density at radius 1 is 0.708 bits per heavy atom. The van der Waals surface area contributed by atoms with Crippen LogP contribution in [0.5, 0.6) is 11.5 Å². The van der Waals surface area contributed by atoms with E-state index in [9.17, 15) is 0 Å². The Labute approximate surface area is 138 Å². The second kappa shape index (κ2) is 13.4. The minimum Gasteiger partial charge on any atom is -0.337 e. The van der Waals surface area contributed by atoms with E-state index in [0.717, 1.165) is 23.3 Å². The third kappa shape index (κ3) is 7.13. The van der Waals surface area contributed by atoms with Crippen LogP contribution >= 0.6 is 0 Å². The Morgan fingerprint density at radius 3 is 1.29 bits per heavy atom. The van der Waals surface area contributed by atoms with Crippen molar-refractivity contribution in [1.29, 1.82) is 10.8 Å². The Balaban J connectivity index is 0.000000772. The third-order valence-corrected chi connectivity index (χ3v) is 2.41. The van der Waals surface area contributed by atoms with Crippen LogP contribution in [0, 0.1) is 10.8 Å². The number of carbonyl (C=O) groups excluding carboxylic acids is 2. The Hall–Kier alpha value is -3.28. The van der Waals surface area contributed by atoms with Crippen LogP contribution in [0.25, 0.3) is 11.1 Å². The molecule has 2 aromatic rings. The molecule has 0 aliphatic heterocycles. The molecular weight excluding hydrogens is 316 g/mol. The van der Waals surface area contributed by atoms with Crippen LogP contribution < -0.4 is 9.78 Å². The first kappa shape index (κ1) is 20.7. The second-order valence-electron chi connectivity index (χ2n) is 3.70. The number of hydrogen-bond acceptors (Lipinski definition) is 8. The summed E-state index contributed by atoms with van der Waals surface area (Å²) in [5.74, 6) is 1.24. The highest BCUT2D eigenvalue weighted by Crippen LogP contribution is 2.36. The van der Waals surface area contributed by atoms with Gasteiger partial charge in [-0.2, -0.15) is 9.78 Å². The first-order valence-corrected chi connectivity index (χ1v) is 6.37. The van der Waals surface area contributed by atoms with Gasteiger partial charge in [-0.05, 0) is 12.1 Å². The molecule has 0 amide bonds. The molecule has 2 rings (SSSR count). The van der Waals surface area contributed by atoms with Crippen molar-refractivity contribution in [1.82, 2.24) is 0 Å². The van der Waals surface area contributed by atoms with Gasteiger partial charge in [0, 0.05) is 11.1 Å². The molecule has 0 bridgehead atoms. The summed E-state index contributed by atoms with van der Waals surface area (Å²) in [5.41, 5.74) is 1.74. The topological polar surface area (TPSA) is 119 Å². The molecule has 0 saturated heterocycles. The van der Waals surface area contributed by atoms with Crippen molar-refractivity contribution < 1.29 is 29.1 Å². The normalized spacial score (nSPS) is 8.25. The van der Waals surface area contributed by atoms with E-state index in [2.05, 4.69) is 0 Å². The largest absolute Gasteiger partial charge is 0.337 e. The Kier molecular flexibility index (Phi) is 11.6. The predicted molar refractivity (Wildman–Crippen MR) is 84.0 cm³/mol. The fourth-order valence-corrected chi connectivity index (χ4v) is 1.70. The number of isocyanates is 2. The van der Waals surface area contributed by atoms with Gasteiger partial charge in [0.2, 0.25) is 12.2 Å². The van der Waals surface area contributed by atoms with E-state index in [1.54, 1.807) is 0 Å². The highest BCUT2D eigenvalue weighted by molar-refractivity contribution is 5.75. The van der Waals surface area contributed by atoms with Crippen molar-refractivity contribution in [3.63, 3.8) is 0 Å². The first-order valence-electron chi connectivity index (χ1n) is 6.37. The van der Waals surface area contributed by atoms with E-state index >= 15 is 0 Å². The van der Waals surface area contributed by atoms with Crippen LogP contribution in [0.4, 0.5) is 0 Å². The highest BCUT2D eigenvalue weighted by atomic mass is 17.2. The van der Waals surface area contributed by atoms with Crippen LogP contribution in [-0.2, 0) is 19.4 Å². The molecule has 0 spiro atoms. The van der Waals surface area contributed by atoms with Gasteiger partial charge >= 0.3 is 0 Å². The highest BCUT2D eigenvalue weighted by Gasteiger charge is 2.11. The van der Waals surface area contributed by atoms with Crippen LogP contribution in [-0.4, -0.2) is 26.4 Å². The number of hydrogen-bond donors (Lipinski definition) is 2. The summed E-state index contributed by atoms with van der Waals surface area (Å²) >= 11 is 0. The van der Waals surface area contributed by atoms with Gasteiger partial charge in [-0.3, -0.25) is 0 Å². The zero-order valence-corrected chi connectivity index (χ0v) is 13.1. The molecule has 24 heavy (non-hydrogen) atoms. The Bertz CT molecular complexity index is 618. The lowest BCUT2D eigenvalue weighted by Gasteiger charge is -2.11. The van der Waals surface area contributed by atoms with E-state index in [1.165, 1.54) is 14.2 Å². The van der Waals surface area contributed by atoms with Crippen molar-refractivity contribution in [3.05, 3.63) is 48.5 Å². The Morgan fingerprint density at radius 2 is 1.00 bits per heavy atom. The monoisotopic (exact) mass is 332 g/mol. The molecule has 0 fully saturated rings. The molecule has 0 unspecified atom stereocenters. The average Bonchev–Trinajstić information content (AvgIpc) is 2.58. The van der Waals surface area contributed by atoms with Crippen molar-refractivity contribution in [3.8, 4) is 22.6 Å². The molecule has 8 nitrogen and oxygen atoms in total. The second-order valence-corrected chi connectivity index (χ2v) is 3.70. The quantitative estimate of drug-likeness (QED) is 0.376. The summed E-state index contributed by atoms with van der Waals surface area (Å²) < 4.78 is 0. The third-order valence-electron chi connectivity index (χ3n) is 2.41. The molecule has 0 saturated carbocycles. The van der Waals surface area contributed by atoms with E-state index in [0.29, 0.717) is 11.5 Å². The van der Waals surface area contributed by atoms with E-state index < -0.39 is 0 Å². The van der Waals surface area contributed by atoms with Crippen molar-refractivity contribution in [2.75, 3.05) is 14.2 Å². The maximum Gasteiger partial charge on any atom is 0.231 e. The van der Waals surface area contributed by atoms with Gasteiger partial charge in [0.1, 0.15) is 0 Å². The van der Waals surface area contributed by atoms with Crippen molar-refractivity contribution >= 4 is 12.2 Å². The fourth-order valence-electron chi connectivity index (χ4n) is 1.70. The number of benzene rings is 2. The molecule has 0 aromatic heterocycles. The standard InChI is InChI=1S/C14H14O4.2CHNO/c1-15-17-13-9-5-3-7-11(13)12-8-4-6-10-14(12)18-16-2;2*2-1-3/h3-10H,1-2H3;2*2H. The van der Waals surface area contributed by atoms with E-state index in [4.69, 9.17) is 40.0 Å². The molecule has 0 aliphatic carbocycles. The van der Waals surface area contributed by atoms with Crippen LogP contribution in [0.15, 0.2) is 48.5 Å². The fraction of sp³-hybridized carbons (Fsp3) is 0.125. The molecule has 0 aliphatic rings. The van der Waals surface area contributed by atoms with Gasteiger partial charge in [0.15, 0.2) is 11.5 Å². The predicted octanol–water partition coefficient (Wildman–Crippen LogP) is 3.04. The van der Waals surface area contributed by atoms with E-state index in [-0.39, 0.29) is 0 Å². The minimum atomic E-state index is 0.618. The van der Waals surface area contributed by atoms with E-state index in [1.807, 2.05) is 48.5 Å². The molecule has 0 heterocycles. The number of rotatable bonds is 5. The van der Waals surface area contributed by atoms with Gasteiger partial charge < -0.3 is 9.78 Å². The van der Waals surface area contributed by atoms with Gasteiger partial charge in [-0.15, -0.1) is 0 Å². The lowest BCUT2D eigenvalue weighted by molar-refractivity contribution is -0.179. The summed E-state index contributed by atoms with van der Waals surface area (Å²) in [6, 6.07) is 15.1. The van der Waals surface area contributed by atoms with Gasteiger partial charge in [0.05, 0.1) is 14.2 Å². The van der Waals surface area contributed by atoms with Crippen molar-refractivity contribution in [2.45, 2.75) is 0 Å². The maximum atomic E-state index is 8.35. The minimum absolute atomic E-state index is 0.618. The molecule has 2 aromatic carbocycles. The molecule has 8 heteroatoms. The smallest absolute Gasteiger partial charge is 0.231 e. The molecule has 2 N–H and O–H groups in total. The summed E-state index contributed by atoms with van der Waals surface area (Å²) in [6.45, 7) is 0. The maximum absolute atomic E-state index is 8.35. The molecule has 0 atom stereocenters. The lowest BCUT2D eigenvalue weighted by Crippen LogP contribution is -1.96. The average molecular weight is 332 g/mol. The first-order chi connectivity index (χ1) is 11.7. The molecular formula is C16H16N2O6. The zero-order chi connectivity index (χ0) is 18.2. The van der Waals surface area contributed by atoms with Crippen LogP contribution in [0.2, 0.25) is 0 Å². The summed E-state index contributed by atoms with van der Waals surface area (Å²) in [7, 11) is 2.93. The van der Waals surface area contributed by atoms with Crippen LogP contribution in [0.1, 0.15) is 0 Å². The van der Waals surface area contributed by atoms with Gasteiger partial charge in [0.25, 0.3) is 0 Å². The van der Waals surface area contributed by atoms with Crippen molar-refractivity contribution in [2.24, 2.45) is 0 Å². The summed E-state index contributed by atoms with van der Waals surface area (Å²) in [6.07, 6.45) is 1.50. The summed E-state index contributed by atoms with van der Waals surface area (Å²) in [4.78, 5) is 36.4. The number of para-hydroxylation sites is 2. The zero-order valence-electron chi connectivity index (χ0n) is 13.1. The SMILES string of the molecule is COOc1ccccc1-c1ccccc1OOC.N=C=O.N=C=O.